The minimum atomic E-state index is -0.0752. The average Bonchev–Trinajstić information content (AvgIpc) is 3.30. The zero-order valence-electron chi connectivity index (χ0n) is 17.3. The van der Waals surface area contributed by atoms with E-state index in [0.717, 1.165) is 22.4 Å². The number of aromatic hydroxyl groups is 1. The molecule has 1 aliphatic heterocycles. The lowest BCUT2D eigenvalue weighted by atomic mass is 10.1. The van der Waals surface area contributed by atoms with Crippen LogP contribution in [0.15, 0.2) is 77.9 Å². The molecule has 0 spiro atoms. The summed E-state index contributed by atoms with van der Waals surface area (Å²) in [4.78, 5) is 12.7. The summed E-state index contributed by atoms with van der Waals surface area (Å²) in [5.41, 5.74) is 3.66. The van der Waals surface area contributed by atoms with E-state index in [1.54, 1.807) is 31.4 Å². The minimum absolute atomic E-state index is 0.0752. The van der Waals surface area contributed by atoms with E-state index >= 15 is 0 Å². The molecule has 0 saturated carbocycles. The van der Waals surface area contributed by atoms with Crippen LogP contribution in [0.3, 0.4) is 0 Å². The van der Waals surface area contributed by atoms with Crippen LogP contribution in [0.1, 0.15) is 23.1 Å². The van der Waals surface area contributed by atoms with Gasteiger partial charge in [0.2, 0.25) is 5.91 Å². The van der Waals surface area contributed by atoms with E-state index in [-0.39, 0.29) is 18.1 Å². The Kier molecular flexibility index (Phi) is 6.17. The van der Waals surface area contributed by atoms with Crippen LogP contribution in [0.25, 0.3) is 0 Å². The number of phenols is 1. The number of hydrazone groups is 1. The van der Waals surface area contributed by atoms with Crippen molar-refractivity contribution in [3.05, 3.63) is 89.5 Å². The highest BCUT2D eigenvalue weighted by atomic mass is 16.5. The quantitative estimate of drug-likeness (QED) is 0.628. The topological polar surface area (TPSA) is 71.4 Å². The number of methoxy groups -OCH3 is 1. The standard InChI is InChI=1S/C25H24N2O4/c1-30-24-15-19(7-12-23(24)31-17-18-5-3-2-4-6-18)16-25(29)27-14-13-22(26-27)20-8-10-21(28)11-9-20/h2-12,15,28H,13-14,16-17H2,1H3. The fourth-order valence-corrected chi connectivity index (χ4v) is 3.44. The predicted octanol–water partition coefficient (Wildman–Crippen LogP) is 4.16. The van der Waals surface area contributed by atoms with Crippen molar-refractivity contribution >= 4 is 11.6 Å². The van der Waals surface area contributed by atoms with Crippen LogP contribution in [-0.2, 0) is 17.8 Å². The molecule has 0 unspecified atom stereocenters. The Hall–Kier alpha value is -3.80. The predicted molar refractivity (Wildman–Crippen MR) is 118 cm³/mol. The summed E-state index contributed by atoms with van der Waals surface area (Å²) in [7, 11) is 1.59. The van der Waals surface area contributed by atoms with Gasteiger partial charge in [-0.05, 0) is 53.1 Å². The first-order chi connectivity index (χ1) is 15.1. The van der Waals surface area contributed by atoms with E-state index in [4.69, 9.17) is 9.47 Å². The van der Waals surface area contributed by atoms with Crippen LogP contribution in [-0.4, -0.2) is 35.4 Å². The summed E-state index contributed by atoms with van der Waals surface area (Å²) in [6.45, 7) is 0.989. The van der Waals surface area contributed by atoms with Crippen molar-refractivity contribution in [3.8, 4) is 17.2 Å². The molecule has 3 aromatic carbocycles. The molecule has 0 bridgehead atoms. The molecule has 4 rings (SSSR count). The molecule has 0 saturated heterocycles. The van der Waals surface area contributed by atoms with Gasteiger partial charge in [0.05, 0.1) is 25.8 Å². The second kappa shape index (κ2) is 9.34. The van der Waals surface area contributed by atoms with Crippen molar-refractivity contribution < 1.29 is 19.4 Å². The second-order valence-electron chi connectivity index (χ2n) is 7.30. The van der Waals surface area contributed by atoms with E-state index in [1.165, 1.54) is 5.01 Å². The van der Waals surface area contributed by atoms with E-state index < -0.39 is 0 Å². The van der Waals surface area contributed by atoms with E-state index in [2.05, 4.69) is 5.10 Å². The molecule has 0 aromatic heterocycles. The number of nitrogens with zero attached hydrogens (tertiary/aromatic N) is 2. The third kappa shape index (κ3) is 5.04. The van der Waals surface area contributed by atoms with Crippen molar-refractivity contribution in [2.24, 2.45) is 5.10 Å². The van der Waals surface area contributed by atoms with Gasteiger partial charge in [0.1, 0.15) is 12.4 Å². The van der Waals surface area contributed by atoms with E-state index in [0.29, 0.717) is 31.1 Å². The molecule has 3 aromatic rings. The number of rotatable bonds is 7. The highest BCUT2D eigenvalue weighted by Crippen LogP contribution is 2.29. The van der Waals surface area contributed by atoms with Crippen LogP contribution in [0.2, 0.25) is 0 Å². The van der Waals surface area contributed by atoms with Crippen LogP contribution in [0.4, 0.5) is 0 Å². The first-order valence-electron chi connectivity index (χ1n) is 10.1. The fourth-order valence-electron chi connectivity index (χ4n) is 3.44. The molecule has 6 nitrogen and oxygen atoms in total. The molecule has 0 aliphatic carbocycles. The number of ether oxygens (including phenoxy) is 2. The third-order valence-corrected chi connectivity index (χ3v) is 5.11. The monoisotopic (exact) mass is 416 g/mol. The zero-order valence-corrected chi connectivity index (χ0v) is 17.3. The first kappa shape index (κ1) is 20.5. The number of amides is 1. The Morgan fingerprint density at radius 3 is 2.52 bits per heavy atom. The van der Waals surface area contributed by atoms with E-state index in [9.17, 15) is 9.90 Å². The maximum absolute atomic E-state index is 12.7. The number of carbonyl (C=O) groups excluding carboxylic acids is 1. The second-order valence-corrected chi connectivity index (χ2v) is 7.30. The van der Waals surface area contributed by atoms with Gasteiger partial charge in [-0.3, -0.25) is 4.79 Å². The Bertz CT molecular complexity index is 1080. The van der Waals surface area contributed by atoms with Crippen molar-refractivity contribution in [1.82, 2.24) is 5.01 Å². The Labute approximate surface area is 181 Å². The molecule has 0 fully saturated rings. The highest BCUT2D eigenvalue weighted by Gasteiger charge is 2.22. The first-order valence-corrected chi connectivity index (χ1v) is 10.1. The lowest BCUT2D eigenvalue weighted by Crippen LogP contribution is -2.25. The van der Waals surface area contributed by atoms with Crippen LogP contribution in [0, 0.1) is 0 Å². The van der Waals surface area contributed by atoms with Crippen LogP contribution < -0.4 is 9.47 Å². The number of phenolic OH excluding ortho intramolecular Hbond substituents is 1. The number of hydrogen-bond acceptors (Lipinski definition) is 5. The molecule has 158 valence electrons. The van der Waals surface area contributed by atoms with Gasteiger partial charge < -0.3 is 14.6 Å². The smallest absolute Gasteiger partial charge is 0.247 e. The molecular formula is C25H24N2O4. The molecule has 0 radical (unpaired) electrons. The maximum Gasteiger partial charge on any atom is 0.247 e. The van der Waals surface area contributed by atoms with Crippen molar-refractivity contribution in [3.63, 3.8) is 0 Å². The van der Waals surface area contributed by atoms with E-state index in [1.807, 2.05) is 48.5 Å². The molecule has 1 aliphatic rings. The van der Waals surface area contributed by atoms with Gasteiger partial charge in [-0.15, -0.1) is 0 Å². The van der Waals surface area contributed by atoms with Gasteiger partial charge in [0, 0.05) is 6.42 Å². The Balaban J connectivity index is 1.40. The summed E-state index contributed by atoms with van der Waals surface area (Å²) < 4.78 is 11.4. The number of hydrogen-bond donors (Lipinski definition) is 1. The normalized spacial score (nSPS) is 13.1. The van der Waals surface area contributed by atoms with Gasteiger partial charge in [-0.1, -0.05) is 36.4 Å². The molecule has 6 heteroatoms. The van der Waals surface area contributed by atoms with Gasteiger partial charge in [-0.25, -0.2) is 5.01 Å². The SMILES string of the molecule is COc1cc(CC(=O)N2CCC(c3ccc(O)cc3)=N2)ccc1OCc1ccccc1. The van der Waals surface area contributed by atoms with Gasteiger partial charge >= 0.3 is 0 Å². The number of carbonyl (C=O) groups is 1. The van der Waals surface area contributed by atoms with Gasteiger partial charge in [0.15, 0.2) is 11.5 Å². The van der Waals surface area contributed by atoms with Gasteiger partial charge in [0.25, 0.3) is 0 Å². The third-order valence-electron chi connectivity index (χ3n) is 5.11. The van der Waals surface area contributed by atoms with Crippen LogP contribution >= 0.6 is 0 Å². The minimum Gasteiger partial charge on any atom is -0.508 e. The zero-order chi connectivity index (χ0) is 21.6. The molecule has 0 atom stereocenters. The molecular weight excluding hydrogens is 392 g/mol. The summed E-state index contributed by atoms with van der Waals surface area (Å²) in [5.74, 6) is 1.36. The summed E-state index contributed by atoms with van der Waals surface area (Å²) in [5, 5.41) is 15.4. The van der Waals surface area contributed by atoms with Crippen LogP contribution in [0.5, 0.6) is 17.2 Å². The van der Waals surface area contributed by atoms with Gasteiger partial charge in [-0.2, -0.15) is 5.10 Å². The molecule has 1 heterocycles. The lowest BCUT2D eigenvalue weighted by Gasteiger charge is -2.14. The largest absolute Gasteiger partial charge is 0.508 e. The molecule has 31 heavy (non-hydrogen) atoms. The lowest BCUT2D eigenvalue weighted by molar-refractivity contribution is -0.130. The molecule has 1 amide bonds. The van der Waals surface area contributed by atoms with Crippen molar-refractivity contribution in [2.45, 2.75) is 19.4 Å². The summed E-state index contributed by atoms with van der Waals surface area (Å²) in [6, 6.07) is 22.3. The summed E-state index contributed by atoms with van der Waals surface area (Å²) in [6.07, 6.45) is 0.910. The average molecular weight is 416 g/mol. The van der Waals surface area contributed by atoms with Crippen molar-refractivity contribution in [1.29, 1.82) is 0 Å². The fraction of sp³-hybridized carbons (Fsp3) is 0.200. The maximum atomic E-state index is 12.7. The molecule has 1 N–H and O–H groups in total. The highest BCUT2D eigenvalue weighted by molar-refractivity contribution is 6.02. The Morgan fingerprint density at radius 2 is 1.77 bits per heavy atom. The van der Waals surface area contributed by atoms with Crippen molar-refractivity contribution in [2.75, 3.05) is 13.7 Å². The summed E-state index contributed by atoms with van der Waals surface area (Å²) >= 11 is 0. The Morgan fingerprint density at radius 1 is 1.00 bits per heavy atom. The number of benzene rings is 3.